The lowest BCUT2D eigenvalue weighted by molar-refractivity contribution is -0.0555. The number of morpholine rings is 1. The monoisotopic (exact) mass is 349 g/mol. The zero-order valence-corrected chi connectivity index (χ0v) is 14.0. The molecule has 3 rings (SSSR count). The number of hydrogen-bond donors (Lipinski definition) is 0. The van der Waals surface area contributed by atoms with Crippen molar-refractivity contribution in [3.63, 3.8) is 0 Å². The predicted molar refractivity (Wildman–Crippen MR) is 85.3 cm³/mol. The molecular formula is C15H15N3O3S2. The Labute approximate surface area is 139 Å². The van der Waals surface area contributed by atoms with E-state index in [0.717, 1.165) is 5.56 Å². The Kier molecular flexibility index (Phi) is 4.46. The van der Waals surface area contributed by atoms with Crippen LogP contribution < -0.4 is 0 Å². The summed E-state index contributed by atoms with van der Waals surface area (Å²) in [5.41, 5.74) is 0.882. The number of thiophene rings is 1. The zero-order chi connectivity index (χ0) is 16.4. The van der Waals surface area contributed by atoms with E-state index in [1.54, 1.807) is 11.3 Å². The van der Waals surface area contributed by atoms with Crippen molar-refractivity contribution < 1.29 is 13.2 Å². The second-order valence-corrected chi connectivity index (χ2v) is 7.96. The molecule has 2 aromatic heterocycles. The summed E-state index contributed by atoms with van der Waals surface area (Å²) >= 11 is 1.54. The van der Waals surface area contributed by atoms with Crippen LogP contribution >= 0.6 is 11.3 Å². The molecule has 1 fully saturated rings. The van der Waals surface area contributed by atoms with Gasteiger partial charge in [-0.05, 0) is 41.4 Å². The van der Waals surface area contributed by atoms with Crippen molar-refractivity contribution in [3.8, 4) is 6.07 Å². The Morgan fingerprint density at radius 3 is 2.96 bits per heavy atom. The summed E-state index contributed by atoms with van der Waals surface area (Å²) in [5.74, 6) is 0. The van der Waals surface area contributed by atoms with Crippen molar-refractivity contribution >= 4 is 21.4 Å². The number of nitriles is 1. The van der Waals surface area contributed by atoms with Crippen molar-refractivity contribution in [2.45, 2.75) is 24.0 Å². The molecular weight excluding hydrogens is 334 g/mol. The molecule has 0 spiro atoms. The standard InChI is InChI=1S/C15H15N3O3S2/c1-11-8-18(9-14(21-11)12-4-6-22-10-12)23(19,20)15-3-2-5-17-13(15)7-16/h2-6,10-11,14H,8-9H2,1H3/t11-,14-/m0/s1. The second kappa shape index (κ2) is 6.37. The van der Waals surface area contributed by atoms with Crippen LogP contribution in [0.2, 0.25) is 0 Å². The fourth-order valence-electron chi connectivity index (χ4n) is 2.57. The molecule has 1 saturated heterocycles. The van der Waals surface area contributed by atoms with E-state index >= 15 is 0 Å². The first kappa shape index (κ1) is 16.1. The van der Waals surface area contributed by atoms with Gasteiger partial charge in [0.2, 0.25) is 10.0 Å². The second-order valence-electron chi connectivity index (χ2n) is 5.28. The Bertz CT molecular complexity index is 828. The Balaban J connectivity index is 1.95. The van der Waals surface area contributed by atoms with E-state index in [-0.39, 0.29) is 35.9 Å². The van der Waals surface area contributed by atoms with E-state index in [1.165, 1.54) is 22.6 Å². The summed E-state index contributed by atoms with van der Waals surface area (Å²) in [4.78, 5) is 3.79. The molecule has 2 aromatic rings. The van der Waals surface area contributed by atoms with Crippen molar-refractivity contribution in [1.82, 2.24) is 9.29 Å². The quantitative estimate of drug-likeness (QED) is 0.848. The number of ether oxygens (including phenoxy) is 1. The number of aromatic nitrogens is 1. The largest absolute Gasteiger partial charge is 0.368 e. The third kappa shape index (κ3) is 3.14. The smallest absolute Gasteiger partial charge is 0.246 e. The molecule has 23 heavy (non-hydrogen) atoms. The molecule has 1 aliphatic heterocycles. The van der Waals surface area contributed by atoms with Crippen molar-refractivity contribution in [3.05, 3.63) is 46.4 Å². The molecule has 0 saturated carbocycles. The molecule has 0 radical (unpaired) electrons. The zero-order valence-electron chi connectivity index (χ0n) is 12.4. The van der Waals surface area contributed by atoms with E-state index in [1.807, 2.05) is 29.8 Å². The average molecular weight is 349 g/mol. The fourth-order valence-corrected chi connectivity index (χ4v) is 4.88. The van der Waals surface area contributed by atoms with Crippen molar-refractivity contribution in [1.29, 1.82) is 5.26 Å². The van der Waals surface area contributed by atoms with Gasteiger partial charge in [0.15, 0.2) is 5.69 Å². The minimum atomic E-state index is -3.79. The van der Waals surface area contributed by atoms with Gasteiger partial charge in [0.1, 0.15) is 11.0 Å². The van der Waals surface area contributed by atoms with Gasteiger partial charge in [0, 0.05) is 19.3 Å². The van der Waals surface area contributed by atoms with Crippen molar-refractivity contribution in [2.24, 2.45) is 0 Å². The lowest BCUT2D eigenvalue weighted by Crippen LogP contribution is -2.46. The third-order valence-corrected chi connectivity index (χ3v) is 6.20. The van der Waals surface area contributed by atoms with Crippen LogP contribution in [0.3, 0.4) is 0 Å². The molecule has 0 aromatic carbocycles. The van der Waals surface area contributed by atoms with E-state index in [2.05, 4.69) is 4.98 Å². The molecule has 0 bridgehead atoms. The van der Waals surface area contributed by atoms with Crippen LogP contribution in [0.25, 0.3) is 0 Å². The third-order valence-electron chi connectivity index (χ3n) is 3.64. The summed E-state index contributed by atoms with van der Waals surface area (Å²) in [6, 6.07) is 6.72. The van der Waals surface area contributed by atoms with Gasteiger partial charge in [-0.1, -0.05) is 0 Å². The van der Waals surface area contributed by atoms with Crippen LogP contribution in [0.1, 0.15) is 24.3 Å². The maximum absolute atomic E-state index is 12.9. The van der Waals surface area contributed by atoms with Gasteiger partial charge >= 0.3 is 0 Å². The number of sulfonamides is 1. The first-order chi connectivity index (χ1) is 11.0. The van der Waals surface area contributed by atoms with Crippen LogP contribution in [-0.2, 0) is 14.8 Å². The molecule has 3 heterocycles. The maximum atomic E-state index is 12.9. The highest BCUT2D eigenvalue weighted by molar-refractivity contribution is 7.89. The summed E-state index contributed by atoms with van der Waals surface area (Å²) < 4.78 is 33.1. The Hall–Kier alpha value is -1.79. The molecule has 0 aliphatic carbocycles. The summed E-state index contributed by atoms with van der Waals surface area (Å²) in [6.07, 6.45) is 0.876. The van der Waals surface area contributed by atoms with Crippen LogP contribution in [0.4, 0.5) is 0 Å². The minimum Gasteiger partial charge on any atom is -0.368 e. The Morgan fingerprint density at radius 2 is 2.26 bits per heavy atom. The molecule has 1 aliphatic rings. The topological polar surface area (TPSA) is 83.3 Å². The SMILES string of the molecule is C[C@H]1CN(S(=O)(=O)c2cccnc2C#N)C[C@@H](c2ccsc2)O1. The predicted octanol–water partition coefficient (Wildman–Crippen LogP) is 2.17. The van der Waals surface area contributed by atoms with Gasteiger partial charge in [0.25, 0.3) is 0 Å². The Morgan fingerprint density at radius 1 is 1.43 bits per heavy atom. The van der Waals surface area contributed by atoms with Crippen LogP contribution in [0.5, 0.6) is 0 Å². The molecule has 120 valence electrons. The highest BCUT2D eigenvalue weighted by atomic mass is 32.2. The van der Waals surface area contributed by atoms with Gasteiger partial charge in [-0.25, -0.2) is 13.4 Å². The summed E-state index contributed by atoms with van der Waals surface area (Å²) in [6.45, 7) is 2.32. The van der Waals surface area contributed by atoms with Crippen molar-refractivity contribution in [2.75, 3.05) is 13.1 Å². The van der Waals surface area contributed by atoms with E-state index in [9.17, 15) is 8.42 Å². The van der Waals surface area contributed by atoms with Gasteiger partial charge in [-0.15, -0.1) is 0 Å². The van der Waals surface area contributed by atoms with E-state index in [4.69, 9.17) is 10.00 Å². The molecule has 0 N–H and O–H groups in total. The lowest BCUT2D eigenvalue weighted by Gasteiger charge is -2.35. The van der Waals surface area contributed by atoms with Crippen LogP contribution in [-0.4, -0.2) is 36.9 Å². The molecule has 6 nitrogen and oxygen atoms in total. The average Bonchev–Trinajstić information content (AvgIpc) is 3.08. The maximum Gasteiger partial charge on any atom is 0.246 e. The highest BCUT2D eigenvalue weighted by Gasteiger charge is 2.36. The molecule has 8 heteroatoms. The first-order valence-electron chi connectivity index (χ1n) is 7.05. The molecule has 0 unspecified atom stereocenters. The summed E-state index contributed by atoms with van der Waals surface area (Å²) in [5, 5.41) is 13.0. The first-order valence-corrected chi connectivity index (χ1v) is 9.43. The number of nitrogens with zero attached hydrogens (tertiary/aromatic N) is 3. The highest BCUT2D eigenvalue weighted by Crippen LogP contribution is 2.30. The van der Waals surface area contributed by atoms with Gasteiger partial charge in [-0.3, -0.25) is 0 Å². The number of rotatable bonds is 3. The molecule has 0 amide bonds. The van der Waals surface area contributed by atoms with Gasteiger partial charge in [0.05, 0.1) is 12.2 Å². The van der Waals surface area contributed by atoms with E-state index < -0.39 is 10.0 Å². The van der Waals surface area contributed by atoms with Gasteiger partial charge in [-0.2, -0.15) is 20.9 Å². The summed E-state index contributed by atoms with van der Waals surface area (Å²) in [7, 11) is -3.79. The molecule has 2 atom stereocenters. The minimum absolute atomic E-state index is 0.0549. The fraction of sp³-hybridized carbons (Fsp3) is 0.333. The van der Waals surface area contributed by atoms with Gasteiger partial charge < -0.3 is 4.74 Å². The number of pyridine rings is 1. The number of hydrogen-bond acceptors (Lipinski definition) is 6. The van der Waals surface area contributed by atoms with Crippen LogP contribution in [0, 0.1) is 11.3 Å². The lowest BCUT2D eigenvalue weighted by atomic mass is 10.1. The van der Waals surface area contributed by atoms with Crippen LogP contribution in [0.15, 0.2) is 40.1 Å². The van der Waals surface area contributed by atoms with E-state index in [0.29, 0.717) is 0 Å². The normalized spacial score (nSPS) is 22.6.